The fourth-order valence-corrected chi connectivity index (χ4v) is 4.16. The molecule has 0 spiro atoms. The van der Waals surface area contributed by atoms with Gasteiger partial charge in [0.25, 0.3) is 0 Å². The van der Waals surface area contributed by atoms with Crippen LogP contribution in [0.2, 0.25) is 0 Å². The number of ether oxygens (including phenoxy) is 3. The van der Waals surface area contributed by atoms with Crippen LogP contribution in [0.5, 0.6) is 5.75 Å². The first-order valence-electron chi connectivity index (χ1n) is 10.9. The Morgan fingerprint density at radius 3 is 2.67 bits per heavy atom. The van der Waals surface area contributed by atoms with E-state index in [4.69, 9.17) is 14.2 Å². The normalized spacial score (nSPS) is 24.4. The zero-order valence-electron chi connectivity index (χ0n) is 18.5. The summed E-state index contributed by atoms with van der Waals surface area (Å²) in [6.07, 6.45) is 1.31. The lowest BCUT2D eigenvalue weighted by Gasteiger charge is -2.37. The molecule has 3 rings (SSSR count). The van der Waals surface area contributed by atoms with Crippen LogP contribution >= 0.6 is 0 Å². The minimum atomic E-state index is -0.996. The van der Waals surface area contributed by atoms with Crippen molar-refractivity contribution in [3.05, 3.63) is 29.8 Å². The lowest BCUT2D eigenvalue weighted by molar-refractivity contribution is -0.163. The van der Waals surface area contributed by atoms with Gasteiger partial charge >= 0.3 is 5.97 Å². The molecule has 3 atom stereocenters. The number of nitrogens with zero attached hydrogens (tertiary/aromatic N) is 1. The van der Waals surface area contributed by atoms with Gasteiger partial charge in [0.15, 0.2) is 6.10 Å². The summed E-state index contributed by atoms with van der Waals surface area (Å²) in [7, 11) is 0. The van der Waals surface area contributed by atoms with E-state index in [-0.39, 0.29) is 11.9 Å². The highest BCUT2D eigenvalue weighted by Crippen LogP contribution is 2.32. The molecule has 0 saturated carbocycles. The molecule has 1 aromatic rings. The van der Waals surface area contributed by atoms with E-state index in [2.05, 4.69) is 5.32 Å². The number of benzene rings is 1. The number of cyclic esters (lactones) is 1. The van der Waals surface area contributed by atoms with Crippen LogP contribution in [0.3, 0.4) is 0 Å². The number of aryl methyl sites for hydroxylation is 1. The summed E-state index contributed by atoms with van der Waals surface area (Å²) >= 11 is 0. The third-order valence-corrected chi connectivity index (χ3v) is 5.67. The lowest BCUT2D eigenvalue weighted by Crippen LogP contribution is -2.55. The van der Waals surface area contributed by atoms with E-state index < -0.39 is 23.8 Å². The van der Waals surface area contributed by atoms with Crippen molar-refractivity contribution in [3.8, 4) is 5.75 Å². The molecule has 0 aliphatic carbocycles. The zero-order valence-corrected chi connectivity index (χ0v) is 18.5. The van der Waals surface area contributed by atoms with Crippen LogP contribution in [0, 0.1) is 5.92 Å². The Morgan fingerprint density at radius 1 is 1.33 bits per heavy atom. The number of esters is 1. The molecule has 0 unspecified atom stereocenters. The summed E-state index contributed by atoms with van der Waals surface area (Å²) in [5.41, 5.74) is 1.18. The van der Waals surface area contributed by atoms with Crippen LogP contribution in [0.1, 0.15) is 46.1 Å². The van der Waals surface area contributed by atoms with E-state index in [1.807, 2.05) is 43.0 Å². The Balaban J connectivity index is 1.67. The van der Waals surface area contributed by atoms with E-state index in [1.165, 1.54) is 5.56 Å². The first kappa shape index (κ1) is 22.6. The minimum Gasteiger partial charge on any atom is -0.494 e. The molecule has 166 valence electrons. The van der Waals surface area contributed by atoms with E-state index in [9.17, 15) is 9.59 Å². The topological polar surface area (TPSA) is 77.1 Å². The van der Waals surface area contributed by atoms with Gasteiger partial charge in [-0.15, -0.1) is 0 Å². The second-order valence-corrected chi connectivity index (χ2v) is 8.52. The molecule has 7 nitrogen and oxygen atoms in total. The van der Waals surface area contributed by atoms with Gasteiger partial charge in [0.1, 0.15) is 5.75 Å². The molecule has 0 bridgehead atoms. The fraction of sp³-hybridized carbons (Fsp3) is 0.652. The molecule has 2 heterocycles. The van der Waals surface area contributed by atoms with Crippen LogP contribution in [-0.4, -0.2) is 61.0 Å². The zero-order chi connectivity index (χ0) is 21.7. The maximum Gasteiger partial charge on any atom is 0.338 e. The molecule has 1 N–H and O–H groups in total. The van der Waals surface area contributed by atoms with Crippen LogP contribution in [0.25, 0.3) is 0 Å². The summed E-state index contributed by atoms with van der Waals surface area (Å²) in [6.45, 7) is 10.2. The lowest BCUT2D eigenvalue weighted by atomic mass is 9.92. The van der Waals surface area contributed by atoms with Gasteiger partial charge in [0.2, 0.25) is 11.7 Å². The standard InChI is InChI=1S/C23H34N2O5/c1-5-28-18-11-9-17(10-12-18)7-6-8-19(20-22(27)30-23(3,4)29-20)21(26)25-14-13-24-15-16(25)2/h9-12,16,19-20,24H,5-8,13-15H2,1-4H3/t16-,19+,20-/m0/s1. The van der Waals surface area contributed by atoms with Gasteiger partial charge in [-0.25, -0.2) is 4.79 Å². The van der Waals surface area contributed by atoms with Gasteiger partial charge in [-0.05, 0) is 50.8 Å². The molecule has 7 heteroatoms. The quantitative estimate of drug-likeness (QED) is 0.654. The number of hydrogen-bond acceptors (Lipinski definition) is 6. The largest absolute Gasteiger partial charge is 0.494 e. The van der Waals surface area contributed by atoms with Gasteiger partial charge in [-0.2, -0.15) is 0 Å². The maximum atomic E-state index is 13.4. The van der Waals surface area contributed by atoms with Crippen LogP contribution < -0.4 is 10.1 Å². The van der Waals surface area contributed by atoms with Crippen LogP contribution in [0.15, 0.2) is 24.3 Å². The Bertz CT molecular complexity index is 734. The third kappa shape index (κ3) is 5.52. The van der Waals surface area contributed by atoms with Crippen molar-refractivity contribution in [2.45, 2.75) is 64.9 Å². The first-order chi connectivity index (χ1) is 14.3. The van der Waals surface area contributed by atoms with Gasteiger partial charge in [-0.1, -0.05) is 12.1 Å². The molecule has 2 fully saturated rings. The number of piperazine rings is 1. The molecular formula is C23H34N2O5. The van der Waals surface area contributed by atoms with Crippen molar-refractivity contribution in [1.29, 1.82) is 0 Å². The average Bonchev–Trinajstić information content (AvgIpc) is 2.98. The number of carbonyl (C=O) groups is 2. The summed E-state index contributed by atoms with van der Waals surface area (Å²) in [5.74, 6) is -1.14. The molecule has 0 aromatic heterocycles. The number of rotatable bonds is 8. The molecule has 0 radical (unpaired) electrons. The molecule has 30 heavy (non-hydrogen) atoms. The van der Waals surface area contributed by atoms with Gasteiger partial charge in [-0.3, -0.25) is 4.79 Å². The van der Waals surface area contributed by atoms with Gasteiger partial charge < -0.3 is 24.4 Å². The highest BCUT2D eigenvalue weighted by molar-refractivity contribution is 5.88. The van der Waals surface area contributed by atoms with Crippen molar-refractivity contribution < 1.29 is 23.8 Å². The number of carbonyl (C=O) groups excluding carboxylic acids is 2. The van der Waals surface area contributed by atoms with Crippen molar-refractivity contribution in [3.63, 3.8) is 0 Å². The third-order valence-electron chi connectivity index (χ3n) is 5.67. The predicted octanol–water partition coefficient (Wildman–Crippen LogP) is 2.52. The second-order valence-electron chi connectivity index (χ2n) is 8.52. The Morgan fingerprint density at radius 2 is 2.07 bits per heavy atom. The van der Waals surface area contributed by atoms with Gasteiger partial charge in [0, 0.05) is 39.5 Å². The van der Waals surface area contributed by atoms with Crippen LogP contribution in [0.4, 0.5) is 0 Å². The number of nitrogens with one attached hydrogen (secondary N) is 1. The molecule has 2 aliphatic heterocycles. The summed E-state index contributed by atoms with van der Waals surface area (Å²) in [4.78, 5) is 27.8. The average molecular weight is 419 g/mol. The van der Waals surface area contributed by atoms with E-state index in [1.54, 1.807) is 13.8 Å². The van der Waals surface area contributed by atoms with E-state index in [0.29, 0.717) is 19.6 Å². The molecule has 2 aliphatic rings. The Labute approximate surface area is 179 Å². The number of hydrogen-bond donors (Lipinski definition) is 1. The molecule has 1 amide bonds. The summed E-state index contributed by atoms with van der Waals surface area (Å²) in [6, 6.07) is 8.10. The Kier molecular flexibility index (Phi) is 7.36. The fourth-order valence-electron chi connectivity index (χ4n) is 4.16. The Hall–Kier alpha value is -2.12. The molecular weight excluding hydrogens is 384 g/mol. The highest BCUT2D eigenvalue weighted by atomic mass is 16.8. The maximum absolute atomic E-state index is 13.4. The molecule has 2 saturated heterocycles. The van der Waals surface area contributed by atoms with E-state index >= 15 is 0 Å². The minimum absolute atomic E-state index is 0.0182. The van der Waals surface area contributed by atoms with Gasteiger partial charge in [0.05, 0.1) is 12.5 Å². The number of amides is 1. The van der Waals surface area contributed by atoms with E-state index in [0.717, 1.165) is 31.7 Å². The first-order valence-corrected chi connectivity index (χ1v) is 10.9. The van der Waals surface area contributed by atoms with Crippen molar-refractivity contribution in [2.24, 2.45) is 5.92 Å². The monoisotopic (exact) mass is 418 g/mol. The molecule has 1 aromatic carbocycles. The highest BCUT2D eigenvalue weighted by Gasteiger charge is 2.48. The van der Waals surface area contributed by atoms with Crippen molar-refractivity contribution in [2.75, 3.05) is 26.2 Å². The van der Waals surface area contributed by atoms with Crippen molar-refractivity contribution in [1.82, 2.24) is 10.2 Å². The summed E-state index contributed by atoms with van der Waals surface area (Å²) < 4.78 is 16.7. The predicted molar refractivity (Wildman–Crippen MR) is 113 cm³/mol. The van der Waals surface area contributed by atoms with Crippen LogP contribution in [-0.2, 0) is 25.5 Å². The smallest absolute Gasteiger partial charge is 0.338 e. The summed E-state index contributed by atoms with van der Waals surface area (Å²) in [5, 5.41) is 3.30. The van der Waals surface area contributed by atoms with Crippen molar-refractivity contribution >= 4 is 11.9 Å². The SMILES string of the molecule is CCOc1ccc(CCC[C@@H](C(=O)N2CCNC[C@@H]2C)[C@@H]2OC(C)(C)OC2=O)cc1. The second kappa shape index (κ2) is 9.79.